The molecule has 8 nitrogen and oxygen atoms in total. The molecule has 0 N–H and O–H groups in total. The second kappa shape index (κ2) is 8.21. The zero-order valence-corrected chi connectivity index (χ0v) is 15.7. The van der Waals surface area contributed by atoms with Crippen LogP contribution in [0, 0.1) is 5.92 Å². The number of ketones is 1. The van der Waals surface area contributed by atoms with Gasteiger partial charge in [-0.3, -0.25) is 9.59 Å². The Labute approximate surface area is 159 Å². The monoisotopic (exact) mass is 373 g/mol. The summed E-state index contributed by atoms with van der Waals surface area (Å²) >= 11 is 0. The van der Waals surface area contributed by atoms with Crippen molar-refractivity contribution in [2.75, 3.05) is 62.3 Å². The average Bonchev–Trinajstić information content (AvgIpc) is 2.75. The van der Waals surface area contributed by atoms with Gasteiger partial charge < -0.3 is 19.4 Å². The van der Waals surface area contributed by atoms with E-state index in [9.17, 15) is 9.59 Å². The molecule has 146 valence electrons. The summed E-state index contributed by atoms with van der Waals surface area (Å²) in [6.07, 6.45) is 4.17. The van der Waals surface area contributed by atoms with Crippen LogP contribution in [-0.4, -0.2) is 79.0 Å². The number of piperazine rings is 1. The third-order valence-corrected chi connectivity index (χ3v) is 5.78. The van der Waals surface area contributed by atoms with Crippen molar-refractivity contribution in [3.05, 3.63) is 12.4 Å². The molecule has 1 amide bonds. The molecule has 1 aliphatic carbocycles. The van der Waals surface area contributed by atoms with Crippen LogP contribution in [0.5, 0.6) is 0 Å². The summed E-state index contributed by atoms with van der Waals surface area (Å²) in [4.78, 5) is 39.4. The highest BCUT2D eigenvalue weighted by molar-refractivity contribution is 5.84. The lowest BCUT2D eigenvalue weighted by Gasteiger charge is -2.37. The molecule has 2 saturated heterocycles. The lowest BCUT2D eigenvalue weighted by Crippen LogP contribution is -2.51. The number of amides is 1. The van der Waals surface area contributed by atoms with Crippen LogP contribution in [0.25, 0.3) is 0 Å². The maximum absolute atomic E-state index is 12.7. The molecule has 0 aromatic carbocycles. The normalized spacial score (nSPS) is 22.2. The van der Waals surface area contributed by atoms with Crippen LogP contribution >= 0.6 is 0 Å². The van der Waals surface area contributed by atoms with Gasteiger partial charge in [-0.2, -0.15) is 0 Å². The van der Waals surface area contributed by atoms with Crippen molar-refractivity contribution < 1.29 is 14.3 Å². The van der Waals surface area contributed by atoms with Crippen molar-refractivity contribution >= 4 is 23.3 Å². The van der Waals surface area contributed by atoms with Gasteiger partial charge in [-0.15, -0.1) is 0 Å². The molecule has 27 heavy (non-hydrogen) atoms. The molecule has 0 unspecified atom stereocenters. The standard InChI is InChI=1S/C19H27N5O3/c25-16-3-1-15(2-4-16)19(26)24-7-5-22(6-8-24)17-13-18(21-14-20-17)23-9-11-27-12-10-23/h13-15H,1-12H2. The highest BCUT2D eigenvalue weighted by Crippen LogP contribution is 2.25. The topological polar surface area (TPSA) is 78.9 Å². The summed E-state index contributed by atoms with van der Waals surface area (Å²) < 4.78 is 5.41. The molecule has 3 heterocycles. The SMILES string of the molecule is O=C1CCC(C(=O)N2CCN(c3cc(N4CCOCC4)ncn3)CC2)CC1. The van der Waals surface area contributed by atoms with E-state index in [1.165, 1.54) is 0 Å². The predicted molar refractivity (Wildman–Crippen MR) is 101 cm³/mol. The molecule has 0 atom stereocenters. The van der Waals surface area contributed by atoms with Crippen LogP contribution < -0.4 is 9.80 Å². The number of Topliss-reactive ketones (excluding diaryl/α,β-unsaturated/α-hetero) is 1. The van der Waals surface area contributed by atoms with E-state index in [-0.39, 0.29) is 11.8 Å². The molecule has 3 aliphatic rings. The number of morpholine rings is 1. The second-order valence-electron chi connectivity index (χ2n) is 7.46. The molecule has 0 radical (unpaired) electrons. The molecule has 1 saturated carbocycles. The Hall–Kier alpha value is -2.22. The Morgan fingerprint density at radius 2 is 1.52 bits per heavy atom. The van der Waals surface area contributed by atoms with E-state index >= 15 is 0 Å². The number of hydrogen-bond donors (Lipinski definition) is 0. The first kappa shape index (κ1) is 18.2. The Morgan fingerprint density at radius 1 is 0.926 bits per heavy atom. The highest BCUT2D eigenvalue weighted by Gasteiger charge is 2.30. The van der Waals surface area contributed by atoms with E-state index in [1.807, 2.05) is 11.0 Å². The third kappa shape index (κ3) is 4.21. The van der Waals surface area contributed by atoms with Gasteiger partial charge in [0, 0.05) is 64.1 Å². The van der Waals surface area contributed by atoms with E-state index in [2.05, 4.69) is 19.8 Å². The number of aromatic nitrogens is 2. The molecule has 1 aromatic rings. The Balaban J connectivity index is 1.33. The molecular weight excluding hydrogens is 346 g/mol. The minimum Gasteiger partial charge on any atom is -0.378 e. The fourth-order valence-electron chi connectivity index (χ4n) is 4.08. The van der Waals surface area contributed by atoms with E-state index in [4.69, 9.17) is 4.74 Å². The van der Waals surface area contributed by atoms with Gasteiger partial charge in [0.1, 0.15) is 23.7 Å². The molecule has 3 fully saturated rings. The Kier molecular flexibility index (Phi) is 5.52. The number of carbonyl (C=O) groups is 2. The number of hydrogen-bond acceptors (Lipinski definition) is 7. The average molecular weight is 373 g/mol. The maximum atomic E-state index is 12.7. The Bertz CT molecular complexity index is 674. The lowest BCUT2D eigenvalue weighted by atomic mass is 9.87. The molecule has 2 aliphatic heterocycles. The first-order valence-corrected chi connectivity index (χ1v) is 9.91. The largest absolute Gasteiger partial charge is 0.378 e. The summed E-state index contributed by atoms with van der Waals surface area (Å²) in [5.74, 6) is 2.40. The number of ether oxygens (including phenoxy) is 1. The molecule has 8 heteroatoms. The maximum Gasteiger partial charge on any atom is 0.225 e. The second-order valence-corrected chi connectivity index (χ2v) is 7.46. The van der Waals surface area contributed by atoms with Gasteiger partial charge in [-0.1, -0.05) is 0 Å². The number of carbonyl (C=O) groups excluding carboxylic acids is 2. The van der Waals surface area contributed by atoms with Gasteiger partial charge in [-0.05, 0) is 12.8 Å². The summed E-state index contributed by atoms with van der Waals surface area (Å²) in [6.45, 7) is 6.12. The quantitative estimate of drug-likeness (QED) is 0.772. The predicted octanol–water partition coefficient (Wildman–Crippen LogP) is 0.721. The molecule has 0 spiro atoms. The van der Waals surface area contributed by atoms with E-state index in [0.717, 1.165) is 51.0 Å². The van der Waals surface area contributed by atoms with Crippen molar-refractivity contribution in [1.29, 1.82) is 0 Å². The number of nitrogens with zero attached hydrogens (tertiary/aromatic N) is 5. The van der Waals surface area contributed by atoms with Crippen LogP contribution in [0.1, 0.15) is 25.7 Å². The smallest absolute Gasteiger partial charge is 0.225 e. The fraction of sp³-hybridized carbons (Fsp3) is 0.684. The summed E-state index contributed by atoms with van der Waals surface area (Å²) in [5, 5.41) is 0. The summed E-state index contributed by atoms with van der Waals surface area (Å²) in [6, 6.07) is 2.04. The van der Waals surface area contributed by atoms with Gasteiger partial charge in [-0.25, -0.2) is 9.97 Å². The first-order valence-electron chi connectivity index (χ1n) is 9.91. The van der Waals surface area contributed by atoms with Crippen molar-refractivity contribution in [2.45, 2.75) is 25.7 Å². The van der Waals surface area contributed by atoms with Gasteiger partial charge in [0.05, 0.1) is 13.2 Å². The minimum atomic E-state index is 0.0289. The molecule has 4 rings (SSSR count). The molecule has 1 aromatic heterocycles. The first-order chi connectivity index (χ1) is 13.2. The lowest BCUT2D eigenvalue weighted by molar-refractivity contribution is -0.137. The number of anilines is 2. The van der Waals surface area contributed by atoms with Crippen LogP contribution in [0.15, 0.2) is 12.4 Å². The zero-order valence-electron chi connectivity index (χ0n) is 15.7. The van der Waals surface area contributed by atoms with E-state index in [0.29, 0.717) is 44.6 Å². The molecular formula is C19H27N5O3. The van der Waals surface area contributed by atoms with Gasteiger partial charge >= 0.3 is 0 Å². The van der Waals surface area contributed by atoms with Crippen LogP contribution in [0.3, 0.4) is 0 Å². The van der Waals surface area contributed by atoms with E-state index in [1.54, 1.807) is 6.33 Å². The van der Waals surface area contributed by atoms with Gasteiger partial charge in [0.2, 0.25) is 5.91 Å². The van der Waals surface area contributed by atoms with Crippen molar-refractivity contribution in [3.63, 3.8) is 0 Å². The van der Waals surface area contributed by atoms with Gasteiger partial charge in [0.25, 0.3) is 0 Å². The van der Waals surface area contributed by atoms with Gasteiger partial charge in [0.15, 0.2) is 0 Å². The third-order valence-electron chi connectivity index (χ3n) is 5.78. The van der Waals surface area contributed by atoms with Crippen molar-refractivity contribution in [1.82, 2.24) is 14.9 Å². The Morgan fingerprint density at radius 3 is 2.15 bits per heavy atom. The van der Waals surface area contributed by atoms with Crippen LogP contribution in [0.4, 0.5) is 11.6 Å². The van der Waals surface area contributed by atoms with Crippen molar-refractivity contribution in [3.8, 4) is 0 Å². The minimum absolute atomic E-state index is 0.0289. The van der Waals surface area contributed by atoms with E-state index < -0.39 is 0 Å². The van der Waals surface area contributed by atoms with Crippen LogP contribution in [0.2, 0.25) is 0 Å². The summed E-state index contributed by atoms with van der Waals surface area (Å²) in [5.41, 5.74) is 0. The zero-order chi connectivity index (χ0) is 18.6. The van der Waals surface area contributed by atoms with Crippen LogP contribution in [-0.2, 0) is 14.3 Å². The van der Waals surface area contributed by atoms with Crippen molar-refractivity contribution in [2.24, 2.45) is 5.92 Å². The summed E-state index contributed by atoms with van der Waals surface area (Å²) in [7, 11) is 0. The fourth-order valence-corrected chi connectivity index (χ4v) is 4.08. The number of rotatable bonds is 3. The highest BCUT2D eigenvalue weighted by atomic mass is 16.5. The molecule has 0 bridgehead atoms.